The maximum Gasteiger partial charge on any atom is 0.337 e. The highest BCUT2D eigenvalue weighted by molar-refractivity contribution is 6.34. The summed E-state index contributed by atoms with van der Waals surface area (Å²) in [6.45, 7) is 2.68. The summed E-state index contributed by atoms with van der Waals surface area (Å²) < 4.78 is 11.0. The van der Waals surface area contributed by atoms with Gasteiger partial charge in [0.2, 0.25) is 5.88 Å². The van der Waals surface area contributed by atoms with Crippen LogP contribution in [0.1, 0.15) is 23.7 Å². The van der Waals surface area contributed by atoms with E-state index >= 15 is 0 Å². The fraction of sp³-hybridized carbons (Fsp3) is 0.200. The normalized spacial score (nSPS) is 10.2. The molecule has 0 saturated carbocycles. The molecule has 0 aliphatic rings. The average molecular weight is 308 g/mol. The maximum absolute atomic E-state index is 11.0. The second-order valence-electron chi connectivity index (χ2n) is 4.20. The third kappa shape index (κ3) is 3.86. The van der Waals surface area contributed by atoms with E-state index in [2.05, 4.69) is 4.98 Å². The molecule has 1 heterocycles. The molecular formula is C15H14ClNO4. The standard InChI is InChI=1S/C15H14ClNO4/c1-2-9-20-10-3-5-11(6-4-10)21-14-13(16)12(15(18)19)7-8-17-14/h3-8H,2,9H2,1H3,(H,18,19). The summed E-state index contributed by atoms with van der Waals surface area (Å²) in [6.07, 6.45) is 2.27. The van der Waals surface area contributed by atoms with Gasteiger partial charge in [-0.3, -0.25) is 0 Å². The van der Waals surface area contributed by atoms with Gasteiger partial charge in [-0.15, -0.1) is 0 Å². The molecule has 5 nitrogen and oxygen atoms in total. The number of benzene rings is 1. The van der Waals surface area contributed by atoms with Gasteiger partial charge in [0.25, 0.3) is 0 Å². The summed E-state index contributed by atoms with van der Waals surface area (Å²) in [5, 5.41) is 8.96. The van der Waals surface area contributed by atoms with Gasteiger partial charge >= 0.3 is 5.97 Å². The molecule has 0 unspecified atom stereocenters. The molecule has 1 aromatic carbocycles. The lowest BCUT2D eigenvalue weighted by Gasteiger charge is -2.09. The highest BCUT2D eigenvalue weighted by Crippen LogP contribution is 2.30. The molecule has 0 bridgehead atoms. The lowest BCUT2D eigenvalue weighted by molar-refractivity contribution is 0.0696. The molecule has 0 saturated heterocycles. The van der Waals surface area contributed by atoms with Crippen LogP contribution in [-0.2, 0) is 0 Å². The van der Waals surface area contributed by atoms with Gasteiger partial charge in [-0.2, -0.15) is 0 Å². The van der Waals surface area contributed by atoms with E-state index in [-0.39, 0.29) is 16.5 Å². The number of carboxylic acid groups (broad SMARTS) is 1. The minimum atomic E-state index is -1.13. The lowest BCUT2D eigenvalue weighted by atomic mass is 10.2. The Kier molecular flexibility index (Phi) is 5.00. The number of ether oxygens (including phenoxy) is 2. The molecule has 0 atom stereocenters. The van der Waals surface area contributed by atoms with Crippen LogP contribution >= 0.6 is 11.6 Å². The van der Waals surface area contributed by atoms with Crippen molar-refractivity contribution < 1.29 is 19.4 Å². The van der Waals surface area contributed by atoms with E-state index in [0.717, 1.165) is 12.2 Å². The number of halogens is 1. The van der Waals surface area contributed by atoms with E-state index in [4.69, 9.17) is 26.2 Å². The molecule has 0 spiro atoms. The number of carboxylic acids is 1. The van der Waals surface area contributed by atoms with Crippen LogP contribution in [0.3, 0.4) is 0 Å². The quantitative estimate of drug-likeness (QED) is 0.873. The van der Waals surface area contributed by atoms with Crippen molar-refractivity contribution in [1.29, 1.82) is 0 Å². The summed E-state index contributed by atoms with van der Waals surface area (Å²) in [6, 6.07) is 8.26. The van der Waals surface area contributed by atoms with Gasteiger partial charge in [-0.05, 0) is 36.8 Å². The van der Waals surface area contributed by atoms with Gasteiger partial charge in [-0.1, -0.05) is 18.5 Å². The fourth-order valence-electron chi connectivity index (χ4n) is 1.60. The number of pyridine rings is 1. The Morgan fingerprint density at radius 1 is 1.24 bits per heavy atom. The van der Waals surface area contributed by atoms with E-state index in [9.17, 15) is 4.79 Å². The van der Waals surface area contributed by atoms with Crippen molar-refractivity contribution in [3.63, 3.8) is 0 Å². The molecule has 0 aliphatic carbocycles. The molecule has 1 aromatic heterocycles. The Hall–Kier alpha value is -2.27. The molecule has 2 rings (SSSR count). The molecule has 0 radical (unpaired) electrons. The van der Waals surface area contributed by atoms with Crippen LogP contribution in [0.4, 0.5) is 0 Å². The molecular weight excluding hydrogens is 294 g/mol. The first-order chi connectivity index (χ1) is 10.1. The number of rotatable bonds is 6. The van der Waals surface area contributed by atoms with Crippen LogP contribution in [0.15, 0.2) is 36.5 Å². The molecule has 0 amide bonds. The zero-order chi connectivity index (χ0) is 15.2. The first-order valence-corrected chi connectivity index (χ1v) is 6.78. The van der Waals surface area contributed by atoms with Crippen LogP contribution in [0.25, 0.3) is 0 Å². The Bertz CT molecular complexity index is 628. The van der Waals surface area contributed by atoms with Crippen molar-refractivity contribution in [3.8, 4) is 17.4 Å². The van der Waals surface area contributed by atoms with Crippen LogP contribution in [0.2, 0.25) is 5.02 Å². The Morgan fingerprint density at radius 3 is 2.52 bits per heavy atom. The first-order valence-electron chi connectivity index (χ1n) is 6.40. The predicted octanol–water partition coefficient (Wildman–Crippen LogP) is 4.01. The van der Waals surface area contributed by atoms with E-state index < -0.39 is 5.97 Å². The third-order valence-corrected chi connectivity index (χ3v) is 2.96. The summed E-state index contributed by atoms with van der Waals surface area (Å²) in [5.41, 5.74) is -0.0513. The minimum absolute atomic E-state index is 0.0312. The summed E-state index contributed by atoms with van der Waals surface area (Å²) >= 11 is 5.96. The SMILES string of the molecule is CCCOc1ccc(Oc2nccc(C(=O)O)c2Cl)cc1. The number of aromatic carboxylic acids is 1. The van der Waals surface area contributed by atoms with E-state index in [0.29, 0.717) is 12.4 Å². The molecule has 0 aliphatic heterocycles. The Balaban J connectivity index is 2.15. The fourth-order valence-corrected chi connectivity index (χ4v) is 1.83. The monoisotopic (exact) mass is 307 g/mol. The highest BCUT2D eigenvalue weighted by atomic mass is 35.5. The molecule has 1 N–H and O–H groups in total. The number of hydrogen-bond donors (Lipinski definition) is 1. The Labute approximate surface area is 127 Å². The zero-order valence-corrected chi connectivity index (χ0v) is 12.1. The second-order valence-corrected chi connectivity index (χ2v) is 4.58. The van der Waals surface area contributed by atoms with E-state index in [1.165, 1.54) is 12.3 Å². The molecule has 0 fully saturated rings. The van der Waals surface area contributed by atoms with Crippen molar-refractivity contribution in [2.75, 3.05) is 6.61 Å². The smallest absolute Gasteiger partial charge is 0.337 e. The molecule has 6 heteroatoms. The van der Waals surface area contributed by atoms with Gasteiger partial charge in [0.05, 0.1) is 12.2 Å². The summed E-state index contributed by atoms with van der Waals surface area (Å²) in [7, 11) is 0. The van der Waals surface area contributed by atoms with Gasteiger partial charge in [-0.25, -0.2) is 9.78 Å². The van der Waals surface area contributed by atoms with Crippen molar-refractivity contribution in [1.82, 2.24) is 4.98 Å². The largest absolute Gasteiger partial charge is 0.494 e. The van der Waals surface area contributed by atoms with Crippen LogP contribution < -0.4 is 9.47 Å². The zero-order valence-electron chi connectivity index (χ0n) is 11.4. The van der Waals surface area contributed by atoms with Crippen LogP contribution in [0, 0.1) is 0 Å². The Morgan fingerprint density at radius 2 is 1.90 bits per heavy atom. The molecule has 2 aromatic rings. The number of nitrogens with zero attached hydrogens (tertiary/aromatic N) is 1. The van der Waals surface area contributed by atoms with Gasteiger partial charge < -0.3 is 14.6 Å². The first kappa shape index (κ1) is 15.1. The lowest BCUT2D eigenvalue weighted by Crippen LogP contribution is -2.00. The van der Waals surface area contributed by atoms with Gasteiger partial charge in [0, 0.05) is 6.20 Å². The number of carbonyl (C=O) groups is 1. The summed E-state index contributed by atoms with van der Waals surface area (Å²) in [5.74, 6) is 0.160. The topological polar surface area (TPSA) is 68.7 Å². The second kappa shape index (κ2) is 6.95. The molecule has 110 valence electrons. The van der Waals surface area contributed by atoms with Crippen LogP contribution in [-0.4, -0.2) is 22.7 Å². The average Bonchev–Trinajstić information content (AvgIpc) is 2.48. The number of hydrogen-bond acceptors (Lipinski definition) is 4. The van der Waals surface area contributed by atoms with Crippen molar-refractivity contribution in [3.05, 3.63) is 47.1 Å². The minimum Gasteiger partial charge on any atom is -0.494 e. The molecule has 21 heavy (non-hydrogen) atoms. The van der Waals surface area contributed by atoms with Crippen molar-refractivity contribution in [2.24, 2.45) is 0 Å². The van der Waals surface area contributed by atoms with Gasteiger partial charge in [0.15, 0.2) is 0 Å². The third-order valence-electron chi connectivity index (χ3n) is 2.60. The predicted molar refractivity (Wildman–Crippen MR) is 78.5 cm³/mol. The maximum atomic E-state index is 11.0. The number of aromatic nitrogens is 1. The van der Waals surface area contributed by atoms with E-state index in [1.807, 2.05) is 6.92 Å². The summed E-state index contributed by atoms with van der Waals surface area (Å²) in [4.78, 5) is 14.9. The van der Waals surface area contributed by atoms with Gasteiger partial charge in [0.1, 0.15) is 16.5 Å². The van der Waals surface area contributed by atoms with Crippen molar-refractivity contribution in [2.45, 2.75) is 13.3 Å². The highest BCUT2D eigenvalue weighted by Gasteiger charge is 2.14. The van der Waals surface area contributed by atoms with E-state index in [1.54, 1.807) is 24.3 Å². The van der Waals surface area contributed by atoms with Crippen LogP contribution in [0.5, 0.6) is 17.4 Å². The van der Waals surface area contributed by atoms with Crippen molar-refractivity contribution >= 4 is 17.6 Å².